The van der Waals surface area contributed by atoms with E-state index in [0.29, 0.717) is 5.28 Å². The Bertz CT molecular complexity index is 363. The van der Waals surface area contributed by atoms with Crippen LogP contribution in [0.4, 0.5) is 5.82 Å². The maximum atomic E-state index is 5.86. The van der Waals surface area contributed by atoms with Crippen LogP contribution in [0.3, 0.4) is 0 Å². The van der Waals surface area contributed by atoms with E-state index >= 15 is 0 Å². The van der Waals surface area contributed by atoms with Crippen molar-refractivity contribution in [2.45, 2.75) is 33.1 Å². The first-order chi connectivity index (χ1) is 7.70. The van der Waals surface area contributed by atoms with Crippen LogP contribution in [0.25, 0.3) is 0 Å². The van der Waals surface area contributed by atoms with Gasteiger partial charge in [-0.1, -0.05) is 6.92 Å². The minimum atomic E-state index is 0.345. The highest BCUT2D eigenvalue weighted by molar-refractivity contribution is 6.28. The Balaban J connectivity index is 2.18. The van der Waals surface area contributed by atoms with Crippen LogP contribution in [-0.2, 0) is 0 Å². The van der Waals surface area contributed by atoms with Crippen molar-refractivity contribution in [3.8, 4) is 0 Å². The SMILES string of the molecule is CCCN(CC1CC1)c1nc(Cl)ncc1C. The van der Waals surface area contributed by atoms with Crippen molar-refractivity contribution >= 4 is 17.4 Å². The Kier molecular flexibility index (Phi) is 3.64. The minimum Gasteiger partial charge on any atom is -0.356 e. The molecule has 2 rings (SSSR count). The van der Waals surface area contributed by atoms with Gasteiger partial charge >= 0.3 is 0 Å². The summed E-state index contributed by atoms with van der Waals surface area (Å²) in [5.41, 5.74) is 1.11. The summed E-state index contributed by atoms with van der Waals surface area (Å²) in [6, 6.07) is 0. The molecule has 1 aliphatic rings. The molecule has 4 heteroatoms. The highest BCUT2D eigenvalue weighted by atomic mass is 35.5. The van der Waals surface area contributed by atoms with Crippen LogP contribution in [0, 0.1) is 12.8 Å². The van der Waals surface area contributed by atoms with E-state index in [-0.39, 0.29) is 0 Å². The first kappa shape index (κ1) is 11.6. The lowest BCUT2D eigenvalue weighted by molar-refractivity contribution is 0.695. The highest BCUT2D eigenvalue weighted by Gasteiger charge is 2.25. The molecule has 16 heavy (non-hydrogen) atoms. The molecule has 0 aromatic carbocycles. The number of aryl methyl sites for hydroxylation is 1. The van der Waals surface area contributed by atoms with Crippen LogP contribution in [-0.4, -0.2) is 23.1 Å². The van der Waals surface area contributed by atoms with Crippen LogP contribution >= 0.6 is 11.6 Å². The lowest BCUT2D eigenvalue weighted by Gasteiger charge is -2.24. The Morgan fingerprint density at radius 3 is 2.88 bits per heavy atom. The molecule has 0 saturated heterocycles. The summed E-state index contributed by atoms with van der Waals surface area (Å²) in [7, 11) is 0. The molecule has 0 aliphatic heterocycles. The zero-order valence-corrected chi connectivity index (χ0v) is 10.7. The van der Waals surface area contributed by atoms with Gasteiger partial charge in [-0.2, -0.15) is 0 Å². The van der Waals surface area contributed by atoms with Crippen molar-refractivity contribution in [2.24, 2.45) is 5.92 Å². The number of aromatic nitrogens is 2. The molecule has 0 amide bonds. The summed E-state index contributed by atoms with van der Waals surface area (Å²) in [6.07, 6.45) is 5.66. The van der Waals surface area contributed by atoms with E-state index in [4.69, 9.17) is 11.6 Å². The van der Waals surface area contributed by atoms with Gasteiger partial charge in [0.1, 0.15) is 5.82 Å². The first-order valence-electron chi connectivity index (χ1n) is 5.94. The third-order valence-electron chi connectivity index (χ3n) is 2.88. The van der Waals surface area contributed by atoms with Crippen LogP contribution < -0.4 is 4.90 Å². The lowest BCUT2D eigenvalue weighted by atomic mass is 10.2. The van der Waals surface area contributed by atoms with Gasteiger partial charge in [0, 0.05) is 24.8 Å². The fourth-order valence-electron chi connectivity index (χ4n) is 1.90. The topological polar surface area (TPSA) is 29.0 Å². The van der Waals surface area contributed by atoms with Crippen LogP contribution in [0.2, 0.25) is 5.28 Å². The lowest BCUT2D eigenvalue weighted by Crippen LogP contribution is -2.28. The molecular formula is C12H18ClN3. The normalized spacial score (nSPS) is 15.2. The predicted octanol–water partition coefficient (Wildman–Crippen LogP) is 3.06. The maximum absolute atomic E-state index is 5.86. The van der Waals surface area contributed by atoms with Gasteiger partial charge in [0.05, 0.1) is 0 Å². The molecule has 1 fully saturated rings. The van der Waals surface area contributed by atoms with Crippen molar-refractivity contribution in [3.63, 3.8) is 0 Å². The van der Waals surface area contributed by atoms with Gasteiger partial charge in [0.25, 0.3) is 0 Å². The Morgan fingerprint density at radius 1 is 1.50 bits per heavy atom. The quantitative estimate of drug-likeness (QED) is 0.740. The molecule has 0 radical (unpaired) electrons. The summed E-state index contributed by atoms with van der Waals surface area (Å²) in [4.78, 5) is 10.7. The maximum Gasteiger partial charge on any atom is 0.224 e. The van der Waals surface area contributed by atoms with E-state index < -0.39 is 0 Å². The van der Waals surface area contributed by atoms with E-state index in [1.54, 1.807) is 6.20 Å². The third kappa shape index (κ3) is 2.85. The molecule has 1 aromatic heterocycles. The predicted molar refractivity (Wildman–Crippen MR) is 67.0 cm³/mol. The van der Waals surface area contributed by atoms with Gasteiger partial charge < -0.3 is 4.90 Å². The molecule has 1 aliphatic carbocycles. The molecule has 0 spiro atoms. The van der Waals surface area contributed by atoms with Gasteiger partial charge in [0.2, 0.25) is 5.28 Å². The molecule has 0 unspecified atom stereocenters. The molecular weight excluding hydrogens is 222 g/mol. The number of hydrogen-bond donors (Lipinski definition) is 0. The van der Waals surface area contributed by atoms with Crippen molar-refractivity contribution in [1.82, 2.24) is 9.97 Å². The van der Waals surface area contributed by atoms with Crippen LogP contribution in [0.5, 0.6) is 0 Å². The van der Waals surface area contributed by atoms with Crippen LogP contribution in [0.1, 0.15) is 31.7 Å². The number of rotatable bonds is 5. The van der Waals surface area contributed by atoms with Crippen molar-refractivity contribution < 1.29 is 0 Å². The average molecular weight is 240 g/mol. The van der Waals surface area contributed by atoms with E-state index in [0.717, 1.165) is 36.8 Å². The first-order valence-corrected chi connectivity index (χ1v) is 6.32. The van der Waals surface area contributed by atoms with Gasteiger partial charge in [-0.15, -0.1) is 0 Å². The van der Waals surface area contributed by atoms with E-state index in [9.17, 15) is 0 Å². The fourth-order valence-corrected chi connectivity index (χ4v) is 2.03. The second-order valence-electron chi connectivity index (χ2n) is 4.54. The molecule has 1 saturated carbocycles. The van der Waals surface area contributed by atoms with Crippen molar-refractivity contribution in [3.05, 3.63) is 17.0 Å². The second-order valence-corrected chi connectivity index (χ2v) is 4.87. The fraction of sp³-hybridized carbons (Fsp3) is 0.667. The minimum absolute atomic E-state index is 0.345. The van der Waals surface area contributed by atoms with Gasteiger partial charge in [-0.05, 0) is 43.7 Å². The van der Waals surface area contributed by atoms with Gasteiger partial charge in [0.15, 0.2) is 0 Å². The number of halogens is 1. The molecule has 0 bridgehead atoms. The summed E-state index contributed by atoms with van der Waals surface area (Å²) in [6.45, 7) is 6.39. The Hall–Kier alpha value is -0.830. The van der Waals surface area contributed by atoms with E-state index in [1.807, 2.05) is 6.92 Å². The summed E-state index contributed by atoms with van der Waals surface area (Å²) in [5, 5.41) is 0.345. The van der Waals surface area contributed by atoms with Crippen LogP contribution in [0.15, 0.2) is 6.20 Å². The highest BCUT2D eigenvalue weighted by Crippen LogP contribution is 2.31. The third-order valence-corrected chi connectivity index (χ3v) is 3.07. The standard InChI is InChI=1S/C12H18ClN3/c1-3-6-16(8-10-4-5-10)11-9(2)7-14-12(13)15-11/h7,10H,3-6,8H2,1-2H3. The van der Waals surface area contributed by atoms with Gasteiger partial charge in [-0.25, -0.2) is 9.97 Å². The smallest absolute Gasteiger partial charge is 0.224 e. The zero-order chi connectivity index (χ0) is 11.5. The van der Waals surface area contributed by atoms with Crippen molar-refractivity contribution in [2.75, 3.05) is 18.0 Å². The molecule has 1 heterocycles. The Labute approximate surface area is 102 Å². The molecule has 3 nitrogen and oxygen atoms in total. The summed E-state index contributed by atoms with van der Waals surface area (Å²) < 4.78 is 0. The van der Waals surface area contributed by atoms with E-state index in [1.165, 1.54) is 12.8 Å². The van der Waals surface area contributed by atoms with Crippen molar-refractivity contribution in [1.29, 1.82) is 0 Å². The summed E-state index contributed by atoms with van der Waals surface area (Å²) in [5.74, 6) is 1.87. The number of anilines is 1. The average Bonchev–Trinajstić information content (AvgIpc) is 3.05. The zero-order valence-electron chi connectivity index (χ0n) is 9.91. The number of hydrogen-bond acceptors (Lipinski definition) is 3. The second kappa shape index (κ2) is 5.00. The Morgan fingerprint density at radius 2 is 2.25 bits per heavy atom. The monoisotopic (exact) mass is 239 g/mol. The molecule has 88 valence electrons. The molecule has 1 aromatic rings. The molecule has 0 N–H and O–H groups in total. The molecule has 0 atom stereocenters. The van der Waals surface area contributed by atoms with E-state index in [2.05, 4.69) is 21.8 Å². The van der Waals surface area contributed by atoms with Gasteiger partial charge in [-0.3, -0.25) is 0 Å². The number of nitrogens with zero attached hydrogens (tertiary/aromatic N) is 3. The largest absolute Gasteiger partial charge is 0.356 e. The summed E-state index contributed by atoms with van der Waals surface area (Å²) >= 11 is 5.86.